The summed E-state index contributed by atoms with van der Waals surface area (Å²) in [5, 5.41) is 12.4. The SMILES string of the molecule is CCCC[C@@H]1O[C@H](COCc2ccccc2)[C@@H](OCc2ccccc2)[C@H](OCc2ccccc2)[C@H]1[N+](=O)[O-]. The molecule has 1 aliphatic heterocycles. The maximum Gasteiger partial charge on any atom is 0.267 e. The highest BCUT2D eigenvalue weighted by molar-refractivity contribution is 5.15. The van der Waals surface area contributed by atoms with E-state index in [9.17, 15) is 10.1 Å². The summed E-state index contributed by atoms with van der Waals surface area (Å²) in [7, 11) is 0. The van der Waals surface area contributed by atoms with Gasteiger partial charge in [-0.25, -0.2) is 0 Å². The largest absolute Gasteiger partial charge is 0.374 e. The van der Waals surface area contributed by atoms with Crippen LogP contribution < -0.4 is 0 Å². The van der Waals surface area contributed by atoms with Gasteiger partial charge in [0.25, 0.3) is 6.04 Å². The van der Waals surface area contributed by atoms with Crippen LogP contribution >= 0.6 is 0 Å². The summed E-state index contributed by atoms with van der Waals surface area (Å²) in [6.45, 7) is 3.27. The number of unbranched alkanes of at least 4 members (excludes halogenated alkanes) is 1. The highest BCUT2D eigenvalue weighted by Gasteiger charge is 2.53. The summed E-state index contributed by atoms with van der Waals surface area (Å²) in [6, 6.07) is 28.4. The predicted octanol–water partition coefficient (Wildman–Crippen LogP) is 5.98. The van der Waals surface area contributed by atoms with Gasteiger partial charge < -0.3 is 18.9 Å². The highest BCUT2D eigenvalue weighted by atomic mass is 16.7. The first-order chi connectivity index (χ1) is 18.7. The molecule has 0 radical (unpaired) electrons. The molecule has 0 saturated carbocycles. The Morgan fingerprint density at radius 3 is 1.74 bits per heavy atom. The Balaban J connectivity index is 1.58. The molecule has 0 amide bonds. The molecular formula is C31H37NO6. The molecule has 7 heteroatoms. The van der Waals surface area contributed by atoms with E-state index in [0.29, 0.717) is 19.6 Å². The Bertz CT molecular complexity index is 1080. The maximum absolute atomic E-state index is 12.4. The fourth-order valence-electron chi connectivity index (χ4n) is 4.83. The van der Waals surface area contributed by atoms with Crippen molar-refractivity contribution in [3.05, 3.63) is 118 Å². The van der Waals surface area contributed by atoms with E-state index in [1.54, 1.807) is 0 Å². The molecule has 0 unspecified atom stereocenters. The number of hydrogen-bond donors (Lipinski definition) is 0. The lowest BCUT2D eigenvalue weighted by Gasteiger charge is -2.42. The second kappa shape index (κ2) is 14.7. The molecule has 5 atom stereocenters. The van der Waals surface area contributed by atoms with Gasteiger partial charge in [0.15, 0.2) is 6.10 Å². The third kappa shape index (κ3) is 7.95. The van der Waals surface area contributed by atoms with Crippen molar-refractivity contribution in [2.24, 2.45) is 0 Å². The van der Waals surface area contributed by atoms with Gasteiger partial charge in [-0.15, -0.1) is 0 Å². The Labute approximate surface area is 224 Å². The molecular weight excluding hydrogens is 482 g/mol. The summed E-state index contributed by atoms with van der Waals surface area (Å²) in [5.74, 6) is 0. The number of nitro groups is 1. The molecule has 0 aromatic heterocycles. The van der Waals surface area contributed by atoms with Crippen LogP contribution in [0.2, 0.25) is 0 Å². The Hall–Kier alpha value is -3.10. The molecule has 1 fully saturated rings. The average molecular weight is 520 g/mol. The first kappa shape index (κ1) is 27.9. The number of nitrogens with zero attached hydrogens (tertiary/aromatic N) is 1. The lowest BCUT2D eigenvalue weighted by molar-refractivity contribution is -0.562. The number of ether oxygens (including phenoxy) is 4. The van der Waals surface area contributed by atoms with E-state index in [1.807, 2.05) is 91.0 Å². The molecule has 1 aliphatic rings. The Kier molecular flexibility index (Phi) is 10.8. The van der Waals surface area contributed by atoms with Crippen LogP contribution in [0.4, 0.5) is 0 Å². The molecule has 3 aromatic rings. The topological polar surface area (TPSA) is 80.1 Å². The van der Waals surface area contributed by atoms with Gasteiger partial charge in [-0.05, 0) is 23.1 Å². The van der Waals surface area contributed by atoms with Crippen LogP contribution in [0.15, 0.2) is 91.0 Å². The van der Waals surface area contributed by atoms with Crippen molar-refractivity contribution in [1.29, 1.82) is 0 Å². The van der Waals surface area contributed by atoms with Gasteiger partial charge in [-0.1, -0.05) is 111 Å². The molecule has 1 heterocycles. The third-order valence-corrected chi connectivity index (χ3v) is 6.81. The van der Waals surface area contributed by atoms with Crippen LogP contribution in [-0.2, 0) is 38.8 Å². The van der Waals surface area contributed by atoms with Gasteiger partial charge in [0, 0.05) is 4.92 Å². The van der Waals surface area contributed by atoms with Gasteiger partial charge in [0.1, 0.15) is 18.3 Å². The lowest BCUT2D eigenvalue weighted by Crippen LogP contribution is -2.62. The van der Waals surface area contributed by atoms with Gasteiger partial charge in [0.05, 0.1) is 26.4 Å². The van der Waals surface area contributed by atoms with Crippen LogP contribution in [0.5, 0.6) is 0 Å². The fourth-order valence-corrected chi connectivity index (χ4v) is 4.83. The first-order valence-electron chi connectivity index (χ1n) is 13.4. The van der Waals surface area contributed by atoms with E-state index in [0.717, 1.165) is 29.5 Å². The standard InChI is InChI=1S/C31H37NO6/c1-2-3-19-27-29(32(33)34)31(37-22-26-17-11-6-12-18-26)30(36-21-25-15-9-5-10-16-25)28(38-27)23-35-20-24-13-7-4-8-14-24/h4-18,27-31H,2-3,19-23H2,1H3/t27-,28+,29-,30+,31+/m0/s1. The van der Waals surface area contributed by atoms with Crippen molar-refractivity contribution in [1.82, 2.24) is 0 Å². The number of hydrogen-bond acceptors (Lipinski definition) is 6. The molecule has 0 N–H and O–H groups in total. The lowest BCUT2D eigenvalue weighted by atomic mass is 9.90. The van der Waals surface area contributed by atoms with Gasteiger partial charge in [-0.3, -0.25) is 10.1 Å². The monoisotopic (exact) mass is 519 g/mol. The molecule has 3 aromatic carbocycles. The van der Waals surface area contributed by atoms with Crippen LogP contribution in [-0.4, -0.2) is 42.0 Å². The van der Waals surface area contributed by atoms with E-state index >= 15 is 0 Å². The minimum atomic E-state index is -1.04. The molecule has 0 aliphatic carbocycles. The van der Waals surface area contributed by atoms with Crippen molar-refractivity contribution in [2.75, 3.05) is 6.61 Å². The van der Waals surface area contributed by atoms with Gasteiger partial charge in [-0.2, -0.15) is 0 Å². The van der Waals surface area contributed by atoms with Gasteiger partial charge >= 0.3 is 0 Å². The summed E-state index contributed by atoms with van der Waals surface area (Å²) in [5.41, 5.74) is 2.97. The normalized spacial score (nSPS) is 23.2. The predicted molar refractivity (Wildman–Crippen MR) is 145 cm³/mol. The zero-order chi connectivity index (χ0) is 26.6. The minimum absolute atomic E-state index is 0.243. The van der Waals surface area contributed by atoms with E-state index in [4.69, 9.17) is 18.9 Å². The van der Waals surface area contributed by atoms with Crippen molar-refractivity contribution in [3.63, 3.8) is 0 Å². The molecule has 7 nitrogen and oxygen atoms in total. The third-order valence-electron chi connectivity index (χ3n) is 6.81. The zero-order valence-electron chi connectivity index (χ0n) is 21.9. The smallest absolute Gasteiger partial charge is 0.267 e. The van der Waals surface area contributed by atoms with E-state index < -0.39 is 30.5 Å². The second-order valence-corrected chi connectivity index (χ2v) is 9.65. The minimum Gasteiger partial charge on any atom is -0.374 e. The molecule has 0 bridgehead atoms. The van der Waals surface area contributed by atoms with E-state index in [-0.39, 0.29) is 18.1 Å². The van der Waals surface area contributed by atoms with Crippen molar-refractivity contribution in [3.8, 4) is 0 Å². The van der Waals surface area contributed by atoms with Crippen molar-refractivity contribution in [2.45, 2.75) is 76.5 Å². The second-order valence-electron chi connectivity index (χ2n) is 9.65. The molecule has 38 heavy (non-hydrogen) atoms. The van der Waals surface area contributed by atoms with Gasteiger partial charge in [0.2, 0.25) is 0 Å². The summed E-state index contributed by atoms with van der Waals surface area (Å²) in [6.07, 6.45) is -0.253. The van der Waals surface area contributed by atoms with E-state index in [2.05, 4.69) is 6.92 Å². The quantitative estimate of drug-likeness (QED) is 0.193. The summed E-state index contributed by atoms with van der Waals surface area (Å²) >= 11 is 0. The molecule has 202 valence electrons. The molecule has 4 rings (SSSR count). The molecule has 0 spiro atoms. The van der Waals surface area contributed by atoms with Crippen molar-refractivity contribution >= 4 is 0 Å². The Morgan fingerprint density at radius 1 is 0.737 bits per heavy atom. The summed E-state index contributed by atoms with van der Waals surface area (Å²) in [4.78, 5) is 12.2. The maximum atomic E-state index is 12.4. The van der Waals surface area contributed by atoms with Crippen LogP contribution in [0.25, 0.3) is 0 Å². The molecule has 1 saturated heterocycles. The van der Waals surface area contributed by atoms with Crippen LogP contribution in [0.1, 0.15) is 42.9 Å². The fraction of sp³-hybridized carbons (Fsp3) is 0.419. The van der Waals surface area contributed by atoms with Crippen molar-refractivity contribution < 1.29 is 23.9 Å². The average Bonchev–Trinajstić information content (AvgIpc) is 2.95. The van der Waals surface area contributed by atoms with E-state index in [1.165, 1.54) is 0 Å². The van der Waals surface area contributed by atoms with Crippen LogP contribution in [0, 0.1) is 10.1 Å². The number of rotatable bonds is 14. The number of benzene rings is 3. The van der Waals surface area contributed by atoms with Crippen LogP contribution in [0.3, 0.4) is 0 Å². The highest BCUT2D eigenvalue weighted by Crippen LogP contribution is 2.32. The zero-order valence-corrected chi connectivity index (χ0v) is 21.9. The Morgan fingerprint density at radius 2 is 1.24 bits per heavy atom. The summed E-state index contributed by atoms with van der Waals surface area (Å²) < 4.78 is 25.2. The first-order valence-corrected chi connectivity index (χ1v) is 13.4.